The number of ether oxygens (including phenoxy) is 5. The van der Waals surface area contributed by atoms with Crippen LogP contribution >= 0.6 is 0 Å². The van der Waals surface area contributed by atoms with E-state index in [-0.39, 0.29) is 23.9 Å². The van der Waals surface area contributed by atoms with Crippen LogP contribution in [0.2, 0.25) is 0 Å². The molecule has 8 rings (SSSR count). The number of benzene rings is 4. The van der Waals surface area contributed by atoms with E-state index in [2.05, 4.69) is 4.99 Å². The summed E-state index contributed by atoms with van der Waals surface area (Å²) in [7, 11) is 4.72. The topological polar surface area (TPSA) is 138 Å². The number of aliphatic imine (C=N–C) groups is 2. The Balaban J connectivity index is 0.909. The molecular weight excluding hydrogens is 686 g/mol. The van der Waals surface area contributed by atoms with Gasteiger partial charge in [-0.3, -0.25) is 19.6 Å². The summed E-state index contributed by atoms with van der Waals surface area (Å²) in [5, 5.41) is 0. The summed E-state index contributed by atoms with van der Waals surface area (Å²) in [5.41, 5.74) is 12.6. The Bertz CT molecular complexity index is 2240. The number of methoxy groups -OCH3 is 3. The van der Waals surface area contributed by atoms with Crippen molar-refractivity contribution in [3.8, 4) is 28.7 Å². The van der Waals surface area contributed by atoms with Gasteiger partial charge in [-0.05, 0) is 58.7 Å². The number of nitrogen functional groups attached to an aromatic ring is 1. The molecule has 2 unspecified atom stereocenters. The molecule has 4 aromatic carbocycles. The van der Waals surface area contributed by atoms with E-state index in [9.17, 15) is 9.59 Å². The van der Waals surface area contributed by atoms with E-state index in [1.807, 2.05) is 67.1 Å². The normalized spacial score (nSPS) is 18.1. The van der Waals surface area contributed by atoms with E-state index >= 15 is 0 Å². The molecule has 0 aliphatic carbocycles. The van der Waals surface area contributed by atoms with Crippen molar-refractivity contribution in [3.05, 3.63) is 107 Å². The number of anilines is 1. The summed E-state index contributed by atoms with van der Waals surface area (Å²) >= 11 is 0. The minimum Gasteiger partial charge on any atom is -0.497 e. The highest BCUT2D eigenvalue weighted by Crippen LogP contribution is 2.42. The third-order valence-corrected chi connectivity index (χ3v) is 9.97. The molecule has 4 aliphatic rings. The predicted molar refractivity (Wildman–Crippen MR) is 207 cm³/mol. The monoisotopic (exact) mass is 725 g/mol. The maximum atomic E-state index is 13.7. The molecule has 0 saturated heterocycles. The van der Waals surface area contributed by atoms with Crippen molar-refractivity contribution in [3.63, 3.8) is 0 Å². The van der Waals surface area contributed by atoms with Gasteiger partial charge in [0.15, 0.2) is 23.0 Å². The van der Waals surface area contributed by atoms with E-state index in [1.54, 1.807) is 54.5 Å². The van der Waals surface area contributed by atoms with Crippen LogP contribution in [-0.2, 0) is 0 Å². The lowest BCUT2D eigenvalue weighted by atomic mass is 10.0. The molecule has 12 nitrogen and oxygen atoms in total. The van der Waals surface area contributed by atoms with Crippen molar-refractivity contribution in [2.45, 2.75) is 31.3 Å². The van der Waals surface area contributed by atoms with Gasteiger partial charge in [0.05, 0.1) is 69.1 Å². The van der Waals surface area contributed by atoms with Gasteiger partial charge in [0.1, 0.15) is 5.75 Å². The van der Waals surface area contributed by atoms with Crippen LogP contribution in [0, 0.1) is 0 Å². The fourth-order valence-corrected chi connectivity index (χ4v) is 7.07. The Hall–Kier alpha value is -6.56. The number of nitrogens with zero attached hydrogens (tertiary/aromatic N) is 4. The van der Waals surface area contributed by atoms with E-state index in [0.29, 0.717) is 83.7 Å². The first-order chi connectivity index (χ1) is 26.3. The van der Waals surface area contributed by atoms with Gasteiger partial charge < -0.3 is 39.2 Å². The van der Waals surface area contributed by atoms with Crippen LogP contribution in [0.15, 0.2) is 95.2 Å². The maximum Gasteiger partial charge on any atom is 0.260 e. The fraction of sp³-hybridized carbons (Fsp3) is 0.238. The summed E-state index contributed by atoms with van der Waals surface area (Å²) in [5.74, 6) is 2.27. The van der Waals surface area contributed by atoms with Gasteiger partial charge >= 0.3 is 0 Å². The van der Waals surface area contributed by atoms with Crippen molar-refractivity contribution in [1.82, 2.24) is 9.80 Å². The van der Waals surface area contributed by atoms with E-state index in [1.165, 1.54) is 7.11 Å². The zero-order chi connectivity index (χ0) is 37.3. The first-order valence-electron chi connectivity index (χ1n) is 17.7. The van der Waals surface area contributed by atoms with Gasteiger partial charge in [0.25, 0.3) is 11.8 Å². The average Bonchev–Trinajstić information content (AvgIpc) is 3.78. The van der Waals surface area contributed by atoms with Gasteiger partial charge in [-0.15, -0.1) is 0 Å². The third-order valence-electron chi connectivity index (χ3n) is 9.97. The first-order valence-corrected chi connectivity index (χ1v) is 17.7. The van der Waals surface area contributed by atoms with Crippen LogP contribution in [0.5, 0.6) is 28.7 Å². The molecule has 2 atom stereocenters. The Morgan fingerprint density at radius 3 is 1.54 bits per heavy atom. The van der Waals surface area contributed by atoms with Crippen LogP contribution in [0.1, 0.15) is 51.1 Å². The number of hydrogen-bond acceptors (Lipinski definition) is 10. The highest BCUT2D eigenvalue weighted by atomic mass is 16.5. The molecular formula is C42H39N5O7. The molecule has 4 heterocycles. The molecule has 2 amide bonds. The molecule has 4 aromatic rings. The lowest BCUT2D eigenvalue weighted by Crippen LogP contribution is -2.32. The van der Waals surface area contributed by atoms with Gasteiger partial charge in [0, 0.05) is 61.9 Å². The van der Waals surface area contributed by atoms with Crippen LogP contribution in [0.4, 0.5) is 17.1 Å². The van der Waals surface area contributed by atoms with E-state index in [4.69, 9.17) is 34.4 Å². The molecule has 4 aliphatic heterocycles. The molecule has 0 radical (unpaired) electrons. The Morgan fingerprint density at radius 2 is 1.09 bits per heavy atom. The maximum absolute atomic E-state index is 13.7. The van der Waals surface area contributed by atoms with Crippen LogP contribution in [0.3, 0.4) is 0 Å². The van der Waals surface area contributed by atoms with Crippen molar-refractivity contribution in [1.29, 1.82) is 0 Å². The third kappa shape index (κ3) is 6.51. The van der Waals surface area contributed by atoms with E-state index in [0.717, 1.165) is 28.0 Å². The largest absolute Gasteiger partial charge is 0.497 e. The van der Waals surface area contributed by atoms with Crippen molar-refractivity contribution >= 4 is 52.5 Å². The van der Waals surface area contributed by atoms with Gasteiger partial charge in [-0.25, -0.2) is 0 Å². The molecule has 0 aromatic heterocycles. The molecule has 0 fully saturated rings. The molecule has 12 heteroatoms. The van der Waals surface area contributed by atoms with Gasteiger partial charge in [0.2, 0.25) is 0 Å². The lowest BCUT2D eigenvalue weighted by Gasteiger charge is -2.19. The molecule has 274 valence electrons. The molecule has 0 bridgehead atoms. The van der Waals surface area contributed by atoms with Crippen LogP contribution < -0.4 is 29.4 Å². The molecule has 2 N–H and O–H groups in total. The second kappa shape index (κ2) is 14.5. The number of fused-ring (bicyclic) bond motifs is 4. The van der Waals surface area contributed by atoms with E-state index < -0.39 is 0 Å². The lowest BCUT2D eigenvalue weighted by molar-refractivity contribution is 0.0809. The minimum atomic E-state index is -0.203. The number of carbonyl (C=O) groups is 2. The number of amides is 2. The minimum absolute atomic E-state index is 0.158. The van der Waals surface area contributed by atoms with Crippen LogP contribution in [0.25, 0.3) is 11.1 Å². The molecule has 54 heavy (non-hydrogen) atoms. The van der Waals surface area contributed by atoms with Crippen molar-refractivity contribution in [2.75, 3.05) is 40.3 Å². The Labute approximate surface area is 312 Å². The Kier molecular flexibility index (Phi) is 9.24. The standard InChI is InChI=1S/C42H39N5O7/c1-50-32-11-7-26(8-12-32)28-16-31-22-45-36-20-40(38(52-3)18-34(36)42(49)47(31)24-28)54-14-4-13-53-39-19-35-33(17-37(39)51-2)41(48)46-23-27(15-30(46)21-44-35)25-5-9-29(43)10-6-25/h5-12,17-24,30-31H,4,13-16,43H2,1-3H3. The number of nitrogens with two attached hydrogens (primary N) is 1. The average molecular weight is 726 g/mol. The van der Waals surface area contributed by atoms with Gasteiger partial charge in [-0.2, -0.15) is 0 Å². The van der Waals surface area contributed by atoms with Crippen molar-refractivity contribution in [2.24, 2.45) is 9.98 Å². The van der Waals surface area contributed by atoms with Crippen molar-refractivity contribution < 1.29 is 33.3 Å². The number of hydrogen-bond donors (Lipinski definition) is 1. The highest BCUT2D eigenvalue weighted by molar-refractivity contribution is 6.06. The zero-order valence-corrected chi connectivity index (χ0v) is 30.2. The Morgan fingerprint density at radius 1 is 0.630 bits per heavy atom. The number of rotatable bonds is 11. The summed E-state index contributed by atoms with van der Waals surface area (Å²) in [6.45, 7) is 0.609. The SMILES string of the molecule is COc1ccc(C2=CN3C(=O)c4cc(OC)c(OCCCOc5cc6c(cc5OC)C(=O)N5C=C(c7ccc(N)cc7)CC5C=N6)cc4N=CC3C2)cc1. The summed E-state index contributed by atoms with van der Waals surface area (Å²) in [6.07, 6.45) is 9.22. The zero-order valence-electron chi connectivity index (χ0n) is 30.2. The fourth-order valence-electron chi connectivity index (χ4n) is 7.07. The first kappa shape index (κ1) is 34.5. The quantitative estimate of drug-likeness (QED) is 0.128. The summed E-state index contributed by atoms with van der Waals surface area (Å²) in [6, 6.07) is 21.9. The summed E-state index contributed by atoms with van der Waals surface area (Å²) in [4.78, 5) is 40.3. The number of carbonyl (C=O) groups excluding carboxylic acids is 2. The smallest absolute Gasteiger partial charge is 0.260 e. The molecule has 0 spiro atoms. The highest BCUT2D eigenvalue weighted by Gasteiger charge is 2.35. The van der Waals surface area contributed by atoms with Gasteiger partial charge in [-0.1, -0.05) is 24.3 Å². The second-order valence-corrected chi connectivity index (χ2v) is 13.3. The molecule has 0 saturated carbocycles. The predicted octanol–water partition coefficient (Wildman–Crippen LogP) is 7.09. The van der Waals surface area contributed by atoms with Crippen LogP contribution in [-0.4, -0.2) is 80.7 Å². The second-order valence-electron chi connectivity index (χ2n) is 13.3. The summed E-state index contributed by atoms with van der Waals surface area (Å²) < 4.78 is 28.8.